The topological polar surface area (TPSA) is 98.2 Å². The predicted molar refractivity (Wildman–Crippen MR) is 73.0 cm³/mol. The Labute approximate surface area is 112 Å². The molecule has 7 nitrogen and oxygen atoms in total. The van der Waals surface area contributed by atoms with E-state index in [9.17, 15) is 10.1 Å². The second-order valence-corrected chi connectivity index (χ2v) is 4.79. The smallest absolute Gasteiger partial charge is 0.353 e. The molecule has 0 aliphatic carbocycles. The van der Waals surface area contributed by atoms with Crippen molar-refractivity contribution in [3.8, 4) is 0 Å². The molecule has 1 aliphatic heterocycles. The van der Waals surface area contributed by atoms with Crippen LogP contribution < -0.4 is 10.6 Å². The Morgan fingerprint density at radius 2 is 2.26 bits per heavy atom. The van der Waals surface area contributed by atoms with E-state index in [1.807, 2.05) is 4.90 Å². The number of nitrogens with two attached hydrogens (primary N) is 1. The zero-order valence-electron chi connectivity index (χ0n) is 11.1. The highest BCUT2D eigenvalue weighted by atomic mass is 16.6. The third-order valence-corrected chi connectivity index (χ3v) is 3.63. The molecule has 104 valence electrons. The highest BCUT2D eigenvalue weighted by Gasteiger charge is 2.29. The summed E-state index contributed by atoms with van der Waals surface area (Å²) in [4.78, 5) is 20.6. The van der Waals surface area contributed by atoms with Gasteiger partial charge >= 0.3 is 5.69 Å². The SMILES string of the molecule is CCC1CCCCCN1c1ncnc(N)c1[N+](=O)[O-]. The number of nitrogen functional groups attached to an aromatic ring is 1. The van der Waals surface area contributed by atoms with Gasteiger partial charge in [-0.15, -0.1) is 0 Å². The maximum atomic E-state index is 11.2. The van der Waals surface area contributed by atoms with E-state index in [1.54, 1.807) is 0 Å². The van der Waals surface area contributed by atoms with E-state index >= 15 is 0 Å². The van der Waals surface area contributed by atoms with Gasteiger partial charge < -0.3 is 10.6 Å². The van der Waals surface area contributed by atoms with E-state index in [2.05, 4.69) is 16.9 Å². The highest BCUT2D eigenvalue weighted by Crippen LogP contribution is 2.33. The summed E-state index contributed by atoms with van der Waals surface area (Å²) in [5.74, 6) is 0.306. The Hall–Kier alpha value is -1.92. The minimum absolute atomic E-state index is 0.0610. The maximum absolute atomic E-state index is 11.2. The van der Waals surface area contributed by atoms with Crippen molar-refractivity contribution in [2.75, 3.05) is 17.2 Å². The molecule has 2 N–H and O–H groups in total. The zero-order chi connectivity index (χ0) is 13.8. The van der Waals surface area contributed by atoms with Gasteiger partial charge in [0.05, 0.1) is 4.92 Å². The van der Waals surface area contributed by atoms with Crippen molar-refractivity contribution in [1.29, 1.82) is 0 Å². The first-order chi connectivity index (χ1) is 9.15. The highest BCUT2D eigenvalue weighted by molar-refractivity contribution is 5.68. The Kier molecular flexibility index (Phi) is 4.13. The third kappa shape index (κ3) is 2.74. The molecular formula is C12H19N5O2. The van der Waals surface area contributed by atoms with Crippen LogP contribution in [0, 0.1) is 10.1 Å². The van der Waals surface area contributed by atoms with E-state index in [4.69, 9.17) is 5.73 Å². The predicted octanol–water partition coefficient (Wildman–Crippen LogP) is 2.13. The van der Waals surface area contributed by atoms with Crippen LogP contribution in [0.3, 0.4) is 0 Å². The van der Waals surface area contributed by atoms with E-state index < -0.39 is 4.92 Å². The van der Waals surface area contributed by atoms with Crippen LogP contribution in [0.25, 0.3) is 0 Å². The van der Waals surface area contributed by atoms with Crippen LogP contribution in [0.1, 0.15) is 39.0 Å². The molecule has 1 saturated heterocycles. The lowest BCUT2D eigenvalue weighted by Crippen LogP contribution is -2.35. The van der Waals surface area contributed by atoms with E-state index in [-0.39, 0.29) is 17.5 Å². The fourth-order valence-electron chi connectivity index (χ4n) is 2.65. The lowest BCUT2D eigenvalue weighted by atomic mass is 10.1. The van der Waals surface area contributed by atoms with Gasteiger partial charge in [-0.05, 0) is 19.3 Å². The lowest BCUT2D eigenvalue weighted by Gasteiger charge is -2.29. The van der Waals surface area contributed by atoms with Crippen molar-refractivity contribution >= 4 is 17.3 Å². The minimum atomic E-state index is -0.484. The molecule has 1 fully saturated rings. The summed E-state index contributed by atoms with van der Waals surface area (Å²) < 4.78 is 0. The van der Waals surface area contributed by atoms with Gasteiger partial charge in [0.15, 0.2) is 0 Å². The summed E-state index contributed by atoms with van der Waals surface area (Å²) in [6, 6.07) is 0.287. The maximum Gasteiger partial charge on any atom is 0.353 e. The summed E-state index contributed by atoms with van der Waals surface area (Å²) in [6.45, 7) is 2.88. The molecule has 2 rings (SSSR count). The molecule has 0 spiro atoms. The summed E-state index contributed by atoms with van der Waals surface area (Å²) in [6.07, 6.45) is 6.62. The molecule has 1 aromatic rings. The van der Waals surface area contributed by atoms with Gasteiger partial charge in [-0.3, -0.25) is 10.1 Å². The van der Waals surface area contributed by atoms with Crippen LogP contribution in [0.15, 0.2) is 6.33 Å². The summed E-state index contributed by atoms with van der Waals surface area (Å²) in [5.41, 5.74) is 5.47. The van der Waals surface area contributed by atoms with Crippen LogP contribution in [0.4, 0.5) is 17.3 Å². The average molecular weight is 265 g/mol. The molecule has 2 heterocycles. The lowest BCUT2D eigenvalue weighted by molar-refractivity contribution is -0.383. The van der Waals surface area contributed by atoms with Crippen molar-refractivity contribution in [2.45, 2.75) is 45.1 Å². The van der Waals surface area contributed by atoms with Crippen LogP contribution in [-0.2, 0) is 0 Å². The number of anilines is 2. The second kappa shape index (κ2) is 5.81. The third-order valence-electron chi connectivity index (χ3n) is 3.63. The molecule has 0 aromatic carbocycles. The quantitative estimate of drug-likeness (QED) is 0.664. The molecule has 0 amide bonds. The van der Waals surface area contributed by atoms with Crippen LogP contribution >= 0.6 is 0 Å². The van der Waals surface area contributed by atoms with Gasteiger partial charge in [0, 0.05) is 12.6 Å². The summed E-state index contributed by atoms with van der Waals surface area (Å²) in [7, 11) is 0. The number of aromatic nitrogens is 2. The van der Waals surface area contributed by atoms with Crippen molar-refractivity contribution in [1.82, 2.24) is 9.97 Å². The number of hydrogen-bond acceptors (Lipinski definition) is 6. The average Bonchev–Trinajstić information content (AvgIpc) is 2.62. The molecule has 1 aliphatic rings. The molecule has 1 aromatic heterocycles. The number of rotatable bonds is 3. The Bertz CT molecular complexity index is 465. The number of nitro groups is 1. The fourth-order valence-corrected chi connectivity index (χ4v) is 2.65. The normalized spacial score (nSPS) is 20.1. The van der Waals surface area contributed by atoms with Gasteiger partial charge in [0.2, 0.25) is 11.6 Å². The molecule has 1 unspecified atom stereocenters. The minimum Gasteiger partial charge on any atom is -0.378 e. The van der Waals surface area contributed by atoms with Gasteiger partial charge in [0.1, 0.15) is 6.33 Å². The first-order valence-electron chi connectivity index (χ1n) is 6.66. The molecule has 0 bridgehead atoms. The molecule has 0 radical (unpaired) electrons. The Morgan fingerprint density at radius 3 is 2.95 bits per heavy atom. The van der Waals surface area contributed by atoms with Gasteiger partial charge in [0.25, 0.3) is 0 Å². The summed E-state index contributed by atoms with van der Waals surface area (Å²) in [5, 5.41) is 11.2. The molecule has 1 atom stereocenters. The monoisotopic (exact) mass is 265 g/mol. The molecule has 19 heavy (non-hydrogen) atoms. The largest absolute Gasteiger partial charge is 0.378 e. The van der Waals surface area contributed by atoms with Gasteiger partial charge in [-0.2, -0.15) is 0 Å². The number of nitrogens with zero attached hydrogens (tertiary/aromatic N) is 4. The van der Waals surface area contributed by atoms with Crippen molar-refractivity contribution in [3.63, 3.8) is 0 Å². The molecule has 7 heteroatoms. The molecule has 0 saturated carbocycles. The van der Waals surface area contributed by atoms with Gasteiger partial charge in [-0.1, -0.05) is 19.8 Å². The first kappa shape index (κ1) is 13.5. The van der Waals surface area contributed by atoms with E-state index in [1.165, 1.54) is 6.33 Å². The first-order valence-corrected chi connectivity index (χ1v) is 6.66. The Morgan fingerprint density at radius 1 is 1.47 bits per heavy atom. The number of hydrogen-bond donors (Lipinski definition) is 1. The van der Waals surface area contributed by atoms with Crippen molar-refractivity contribution in [3.05, 3.63) is 16.4 Å². The Balaban J connectivity index is 2.43. The van der Waals surface area contributed by atoms with E-state index in [0.717, 1.165) is 38.6 Å². The van der Waals surface area contributed by atoms with Gasteiger partial charge in [-0.25, -0.2) is 9.97 Å². The van der Waals surface area contributed by atoms with Crippen LogP contribution in [0.5, 0.6) is 0 Å². The summed E-state index contributed by atoms with van der Waals surface area (Å²) >= 11 is 0. The van der Waals surface area contributed by atoms with Crippen LogP contribution in [0.2, 0.25) is 0 Å². The van der Waals surface area contributed by atoms with E-state index in [0.29, 0.717) is 5.82 Å². The second-order valence-electron chi connectivity index (χ2n) is 4.79. The van der Waals surface area contributed by atoms with Crippen molar-refractivity contribution in [2.24, 2.45) is 0 Å². The van der Waals surface area contributed by atoms with Crippen molar-refractivity contribution < 1.29 is 4.92 Å². The van der Waals surface area contributed by atoms with Crippen LogP contribution in [-0.4, -0.2) is 27.5 Å². The fraction of sp³-hybridized carbons (Fsp3) is 0.667. The molecular weight excluding hydrogens is 246 g/mol. The standard InChI is InChI=1S/C12H19N5O2/c1-2-9-6-4-3-5-7-16(9)12-10(17(18)19)11(13)14-8-15-12/h8-9H,2-7H2,1H3,(H2,13,14,15). The zero-order valence-corrected chi connectivity index (χ0v) is 11.1.